The van der Waals surface area contributed by atoms with Crippen molar-refractivity contribution in [2.75, 3.05) is 13.2 Å². The third kappa shape index (κ3) is 35.8. The van der Waals surface area contributed by atoms with Gasteiger partial charge in [0, 0.05) is 54.9 Å². The van der Waals surface area contributed by atoms with Gasteiger partial charge < -0.3 is 48.5 Å². The SMILES string of the molecule is CCCCCCCCCCC/C=C/C[C@@H](OC(C)=O)[C@@H](OC(C)=O)[C@H](CO[C@@H]1O[C@H](COC(C)=O)[C@@H](OC(C)=O)[C@H](OC(C)=O)[C@H]1NC(C)=O)NC(=O)[C@@H](CCCCCCCCCCCCCCCCCCCC)OC(C)=O. The van der Waals surface area contributed by atoms with Crippen LogP contribution in [0.5, 0.6) is 0 Å². The van der Waals surface area contributed by atoms with Gasteiger partial charge in [-0.2, -0.15) is 0 Å². The van der Waals surface area contributed by atoms with Gasteiger partial charge in [0.2, 0.25) is 5.91 Å². The fraction of sp³-hybridized carbons (Fsp3) is 0.833. The van der Waals surface area contributed by atoms with E-state index in [0.717, 1.165) is 79.1 Å². The Bertz CT molecular complexity index is 1720. The summed E-state index contributed by atoms with van der Waals surface area (Å²) in [5, 5.41) is 5.51. The van der Waals surface area contributed by atoms with Crippen LogP contribution in [0.15, 0.2) is 12.2 Å². The number of hydrogen-bond donors (Lipinski definition) is 2. The Morgan fingerprint density at radius 3 is 1.38 bits per heavy atom. The molecule has 0 aliphatic carbocycles. The van der Waals surface area contributed by atoms with Crippen molar-refractivity contribution in [2.45, 2.75) is 310 Å². The average molecular weight is 1110 g/mol. The molecule has 1 rings (SSSR count). The van der Waals surface area contributed by atoms with Crippen LogP contribution in [-0.2, 0) is 76.3 Å². The summed E-state index contributed by atoms with van der Waals surface area (Å²) in [5.74, 6) is -5.85. The van der Waals surface area contributed by atoms with Crippen LogP contribution in [0, 0.1) is 0 Å². The van der Waals surface area contributed by atoms with Gasteiger partial charge in [0.25, 0.3) is 5.91 Å². The minimum atomic E-state index is -1.57. The number of nitrogens with one attached hydrogen (secondary N) is 2. The maximum atomic E-state index is 14.4. The number of hydrogen-bond acceptors (Lipinski definition) is 16. The molecule has 1 aliphatic heterocycles. The van der Waals surface area contributed by atoms with Crippen molar-refractivity contribution in [3.63, 3.8) is 0 Å². The van der Waals surface area contributed by atoms with E-state index in [1.54, 1.807) is 0 Å². The summed E-state index contributed by atoms with van der Waals surface area (Å²) >= 11 is 0. The van der Waals surface area contributed by atoms with Crippen LogP contribution >= 0.6 is 0 Å². The molecule has 0 aromatic carbocycles. The number of carbonyl (C=O) groups excluding carboxylic acids is 8. The Labute approximate surface area is 468 Å². The van der Waals surface area contributed by atoms with Crippen molar-refractivity contribution in [3.05, 3.63) is 12.2 Å². The Balaban J connectivity index is 3.40. The molecule has 2 N–H and O–H groups in total. The first-order chi connectivity index (χ1) is 37.4. The second-order valence-electron chi connectivity index (χ2n) is 21.1. The maximum absolute atomic E-state index is 14.4. The lowest BCUT2D eigenvalue weighted by Crippen LogP contribution is -2.67. The highest BCUT2D eigenvalue weighted by atomic mass is 16.7. The van der Waals surface area contributed by atoms with E-state index >= 15 is 0 Å². The number of carbonyl (C=O) groups is 8. The summed E-state index contributed by atoms with van der Waals surface area (Å²) in [6.45, 7) is 11.5. The van der Waals surface area contributed by atoms with Crippen molar-refractivity contribution in [2.24, 2.45) is 0 Å². The largest absolute Gasteiger partial charge is 0.463 e. The molecule has 1 aliphatic rings. The smallest absolute Gasteiger partial charge is 0.303 e. The Hall–Kier alpha value is -4.58. The molecule has 0 radical (unpaired) electrons. The van der Waals surface area contributed by atoms with Gasteiger partial charge in [-0.15, -0.1) is 0 Å². The number of allylic oxidation sites excluding steroid dienone is 1. The molecule has 1 saturated heterocycles. The van der Waals surface area contributed by atoms with Gasteiger partial charge in [-0.3, -0.25) is 38.4 Å². The molecule has 2 amide bonds. The van der Waals surface area contributed by atoms with Gasteiger partial charge in [-0.1, -0.05) is 187 Å². The van der Waals surface area contributed by atoms with Gasteiger partial charge in [0.05, 0.1) is 12.6 Å². The molecule has 18 heteroatoms. The Morgan fingerprint density at radius 1 is 0.500 bits per heavy atom. The summed E-state index contributed by atoms with van der Waals surface area (Å²) in [5.41, 5.74) is 0. The van der Waals surface area contributed by atoms with Gasteiger partial charge in [-0.25, -0.2) is 0 Å². The van der Waals surface area contributed by atoms with E-state index in [2.05, 4.69) is 24.5 Å². The average Bonchev–Trinajstić information content (AvgIpc) is 3.36. The third-order valence-corrected chi connectivity index (χ3v) is 13.7. The molecular weight excluding hydrogens is 1000 g/mol. The highest BCUT2D eigenvalue weighted by Gasteiger charge is 2.52. The number of ether oxygens (including phenoxy) is 8. The molecule has 0 aromatic heterocycles. The van der Waals surface area contributed by atoms with Crippen molar-refractivity contribution in [1.29, 1.82) is 0 Å². The molecule has 1 heterocycles. The van der Waals surface area contributed by atoms with Gasteiger partial charge in [-0.05, 0) is 25.7 Å². The Morgan fingerprint density at radius 2 is 0.949 bits per heavy atom. The normalized spacial score (nSPS) is 18.7. The minimum absolute atomic E-state index is 0.0610. The zero-order chi connectivity index (χ0) is 57.9. The summed E-state index contributed by atoms with van der Waals surface area (Å²) in [6, 6.07) is -2.74. The molecular formula is C60H104N2O16. The summed E-state index contributed by atoms with van der Waals surface area (Å²) < 4.78 is 46.4. The number of rotatable bonds is 46. The van der Waals surface area contributed by atoms with Crippen molar-refractivity contribution >= 4 is 47.6 Å². The Kier molecular flexibility index (Phi) is 41.4. The van der Waals surface area contributed by atoms with Crippen LogP contribution in [0.25, 0.3) is 0 Å². The summed E-state index contributed by atoms with van der Waals surface area (Å²) in [4.78, 5) is 102. The van der Waals surface area contributed by atoms with E-state index in [1.807, 2.05) is 12.2 Å². The number of amides is 2. The molecule has 0 unspecified atom stereocenters. The van der Waals surface area contributed by atoms with Crippen LogP contribution in [0.2, 0.25) is 0 Å². The fourth-order valence-corrected chi connectivity index (χ4v) is 9.79. The summed E-state index contributed by atoms with van der Waals surface area (Å²) in [6.07, 6.45) is 27.1. The zero-order valence-corrected chi connectivity index (χ0v) is 49.5. The lowest BCUT2D eigenvalue weighted by atomic mass is 9.95. The van der Waals surface area contributed by atoms with Crippen LogP contribution in [0.3, 0.4) is 0 Å². The van der Waals surface area contributed by atoms with Crippen LogP contribution in [0.4, 0.5) is 0 Å². The van der Waals surface area contributed by atoms with Gasteiger partial charge >= 0.3 is 35.8 Å². The predicted molar refractivity (Wildman–Crippen MR) is 298 cm³/mol. The molecule has 0 saturated carbocycles. The second-order valence-corrected chi connectivity index (χ2v) is 21.1. The van der Waals surface area contributed by atoms with Gasteiger partial charge in [0.15, 0.2) is 30.7 Å². The lowest BCUT2D eigenvalue weighted by molar-refractivity contribution is -0.280. The number of unbranched alkanes of at least 4 members (excludes halogenated alkanes) is 26. The van der Waals surface area contributed by atoms with Crippen molar-refractivity contribution in [1.82, 2.24) is 10.6 Å². The molecule has 0 spiro atoms. The van der Waals surface area contributed by atoms with Gasteiger partial charge in [0.1, 0.15) is 24.9 Å². The molecule has 9 atom stereocenters. The monoisotopic (exact) mass is 1110 g/mol. The second kappa shape index (κ2) is 45.2. The number of esters is 6. The first-order valence-electron chi connectivity index (χ1n) is 29.9. The van der Waals surface area contributed by atoms with E-state index in [0.29, 0.717) is 6.42 Å². The van der Waals surface area contributed by atoms with Crippen molar-refractivity contribution in [3.8, 4) is 0 Å². The van der Waals surface area contributed by atoms with Crippen LogP contribution in [0.1, 0.15) is 255 Å². The molecule has 0 bridgehead atoms. The van der Waals surface area contributed by atoms with E-state index in [9.17, 15) is 38.4 Å². The first kappa shape index (κ1) is 71.4. The van der Waals surface area contributed by atoms with Crippen LogP contribution in [-0.4, -0.2) is 116 Å². The maximum Gasteiger partial charge on any atom is 0.303 e. The summed E-state index contributed by atoms with van der Waals surface area (Å²) in [7, 11) is 0. The molecule has 450 valence electrons. The van der Waals surface area contributed by atoms with Crippen LogP contribution < -0.4 is 10.6 Å². The van der Waals surface area contributed by atoms with E-state index in [1.165, 1.54) is 143 Å². The lowest BCUT2D eigenvalue weighted by Gasteiger charge is -2.45. The quantitative estimate of drug-likeness (QED) is 0.0250. The molecule has 0 aromatic rings. The van der Waals surface area contributed by atoms with E-state index < -0.39 is 116 Å². The highest BCUT2D eigenvalue weighted by Crippen LogP contribution is 2.29. The topological polar surface area (TPSA) is 234 Å². The third-order valence-electron chi connectivity index (χ3n) is 13.7. The molecule has 1 fully saturated rings. The first-order valence-corrected chi connectivity index (χ1v) is 29.9. The van der Waals surface area contributed by atoms with Crippen molar-refractivity contribution < 1.29 is 76.3 Å². The van der Waals surface area contributed by atoms with E-state index in [-0.39, 0.29) is 12.8 Å². The zero-order valence-electron chi connectivity index (χ0n) is 49.5. The molecule has 18 nitrogen and oxygen atoms in total. The standard InChI is InChI=1S/C60H104N2O16/c1-10-12-14-16-18-20-22-24-25-26-27-28-29-31-33-35-37-39-41-53(74-47(6)66)59(70)62-51(56(75-48(7)67)52(73-46(5)65)40-38-36-34-32-30-23-21-19-17-15-13-11-2)42-72-60-55(61-44(3)63)58(77-50(9)69)57(76-49(8)68)54(78-60)43-71-45(4)64/h36,38,51-58,60H,10-35,37,39-43H2,1-9H3,(H,61,63)(H,62,70)/b38-36+/t51-,52+,53+,54+,55+,56-,57+,58+,60+/m0/s1. The van der Waals surface area contributed by atoms with E-state index in [4.69, 9.17) is 37.9 Å². The molecule has 78 heavy (non-hydrogen) atoms. The predicted octanol–water partition coefficient (Wildman–Crippen LogP) is 11.2. The minimum Gasteiger partial charge on any atom is -0.463 e. The highest BCUT2D eigenvalue weighted by molar-refractivity contribution is 5.83. The fourth-order valence-electron chi connectivity index (χ4n) is 9.79.